The molecule has 4 nitrogen and oxygen atoms in total. The second-order valence-electron chi connectivity index (χ2n) is 4.70. The molecule has 22 heavy (non-hydrogen) atoms. The summed E-state index contributed by atoms with van der Waals surface area (Å²) in [5, 5.41) is 12.6. The van der Waals surface area contributed by atoms with Crippen LogP contribution < -0.4 is 10.2 Å². The van der Waals surface area contributed by atoms with Gasteiger partial charge in [-0.25, -0.2) is 0 Å². The molecule has 3 rings (SSSR count). The zero-order valence-electron chi connectivity index (χ0n) is 11.3. The van der Waals surface area contributed by atoms with Crippen LogP contribution in [0.1, 0.15) is 5.56 Å². The quantitative estimate of drug-likeness (QED) is 0.443. The second-order valence-corrected chi connectivity index (χ2v) is 6.33. The predicted molar refractivity (Wildman–Crippen MR) is 98.5 cm³/mol. The number of anilines is 1. The molecule has 0 bridgehead atoms. The van der Waals surface area contributed by atoms with E-state index < -0.39 is 0 Å². The fourth-order valence-corrected chi connectivity index (χ4v) is 2.75. The molecule has 0 aromatic heterocycles. The molecule has 110 valence electrons. The van der Waals surface area contributed by atoms with Crippen LogP contribution >= 0.6 is 34.8 Å². The standard InChI is InChI=1S/C16H11IN2O2S/c17-11-3-5-12(6-4-11)19-15(21)14(18-16(19)22)9-10-1-7-13(20)8-2-10/h1-9,20H,(H,18,22)/b14-9-. The maximum atomic E-state index is 12.5. The molecule has 0 radical (unpaired) electrons. The molecule has 1 heterocycles. The topological polar surface area (TPSA) is 52.6 Å². The summed E-state index contributed by atoms with van der Waals surface area (Å²) in [4.78, 5) is 14.0. The number of nitrogens with one attached hydrogen (secondary N) is 1. The van der Waals surface area contributed by atoms with E-state index in [1.807, 2.05) is 24.3 Å². The molecule has 0 atom stereocenters. The molecule has 6 heteroatoms. The van der Waals surface area contributed by atoms with Crippen LogP contribution in [-0.4, -0.2) is 16.1 Å². The summed E-state index contributed by atoms with van der Waals surface area (Å²) in [6.45, 7) is 0. The fraction of sp³-hybridized carbons (Fsp3) is 0. The number of hydrogen-bond acceptors (Lipinski definition) is 3. The van der Waals surface area contributed by atoms with Gasteiger partial charge < -0.3 is 10.4 Å². The number of carbonyl (C=O) groups excluding carboxylic acids is 1. The number of halogens is 1. The summed E-state index contributed by atoms with van der Waals surface area (Å²) >= 11 is 7.47. The smallest absolute Gasteiger partial charge is 0.281 e. The van der Waals surface area contributed by atoms with Gasteiger partial charge in [-0.15, -0.1) is 0 Å². The van der Waals surface area contributed by atoms with E-state index in [1.54, 1.807) is 30.3 Å². The predicted octanol–water partition coefficient (Wildman–Crippen LogP) is 3.26. The normalized spacial score (nSPS) is 16.2. The lowest BCUT2D eigenvalue weighted by Crippen LogP contribution is -2.30. The highest BCUT2D eigenvalue weighted by Crippen LogP contribution is 2.23. The molecule has 1 amide bonds. The Morgan fingerprint density at radius 1 is 1.09 bits per heavy atom. The molecule has 0 spiro atoms. The van der Waals surface area contributed by atoms with Crippen LogP contribution in [0.4, 0.5) is 5.69 Å². The van der Waals surface area contributed by atoms with Crippen LogP contribution in [0.3, 0.4) is 0 Å². The summed E-state index contributed by atoms with van der Waals surface area (Å²) in [5.41, 5.74) is 1.95. The molecule has 1 fully saturated rings. The van der Waals surface area contributed by atoms with Crippen molar-refractivity contribution in [3.05, 3.63) is 63.4 Å². The van der Waals surface area contributed by atoms with E-state index in [0.717, 1.165) is 14.8 Å². The summed E-state index contributed by atoms with van der Waals surface area (Å²) in [7, 11) is 0. The van der Waals surface area contributed by atoms with Crippen LogP contribution in [-0.2, 0) is 4.79 Å². The lowest BCUT2D eigenvalue weighted by molar-refractivity contribution is -0.113. The third-order valence-electron chi connectivity index (χ3n) is 3.17. The number of amides is 1. The minimum absolute atomic E-state index is 0.184. The Hall–Kier alpha value is -1.93. The minimum atomic E-state index is -0.195. The highest BCUT2D eigenvalue weighted by molar-refractivity contribution is 14.1. The van der Waals surface area contributed by atoms with Gasteiger partial charge in [0.2, 0.25) is 0 Å². The molecule has 0 unspecified atom stereocenters. The van der Waals surface area contributed by atoms with E-state index in [0.29, 0.717) is 10.8 Å². The van der Waals surface area contributed by atoms with Gasteiger partial charge in [-0.1, -0.05) is 12.1 Å². The Balaban J connectivity index is 1.91. The van der Waals surface area contributed by atoms with Gasteiger partial charge in [-0.2, -0.15) is 0 Å². The van der Waals surface area contributed by atoms with Crippen molar-refractivity contribution in [2.45, 2.75) is 0 Å². The summed E-state index contributed by atoms with van der Waals surface area (Å²) < 4.78 is 1.09. The number of benzene rings is 2. The van der Waals surface area contributed by atoms with Crippen LogP contribution in [0.2, 0.25) is 0 Å². The fourth-order valence-electron chi connectivity index (χ4n) is 2.10. The van der Waals surface area contributed by atoms with Crippen LogP contribution in [0.25, 0.3) is 6.08 Å². The van der Waals surface area contributed by atoms with E-state index in [4.69, 9.17) is 12.2 Å². The number of phenols is 1. The molecule has 1 aliphatic rings. The van der Waals surface area contributed by atoms with Gasteiger partial charge >= 0.3 is 0 Å². The first-order valence-electron chi connectivity index (χ1n) is 6.46. The number of hydrogen-bond donors (Lipinski definition) is 2. The molecular weight excluding hydrogens is 411 g/mol. The van der Waals surface area contributed by atoms with E-state index in [1.165, 1.54) is 4.90 Å². The summed E-state index contributed by atoms with van der Waals surface area (Å²) in [6, 6.07) is 14.2. The Bertz CT molecular complexity index is 770. The Labute approximate surface area is 146 Å². The molecule has 0 aliphatic carbocycles. The van der Waals surface area contributed by atoms with Crippen molar-refractivity contribution in [3.8, 4) is 5.75 Å². The van der Waals surface area contributed by atoms with Crippen molar-refractivity contribution < 1.29 is 9.90 Å². The van der Waals surface area contributed by atoms with Crippen molar-refractivity contribution >= 4 is 57.6 Å². The van der Waals surface area contributed by atoms with Gasteiger partial charge in [-0.05, 0) is 82.8 Å². The van der Waals surface area contributed by atoms with Crippen molar-refractivity contribution in [2.24, 2.45) is 0 Å². The Kier molecular flexibility index (Phi) is 4.12. The van der Waals surface area contributed by atoms with Gasteiger partial charge in [0.15, 0.2) is 5.11 Å². The van der Waals surface area contributed by atoms with Crippen LogP contribution in [0.5, 0.6) is 5.75 Å². The summed E-state index contributed by atoms with van der Waals surface area (Å²) in [6.07, 6.45) is 1.71. The van der Waals surface area contributed by atoms with Crippen molar-refractivity contribution in [3.63, 3.8) is 0 Å². The maximum absolute atomic E-state index is 12.5. The Morgan fingerprint density at radius 3 is 2.36 bits per heavy atom. The summed E-state index contributed by atoms with van der Waals surface area (Å²) in [5.74, 6) is -0.0109. The molecule has 1 saturated heterocycles. The Morgan fingerprint density at radius 2 is 1.73 bits per heavy atom. The van der Waals surface area contributed by atoms with Crippen molar-refractivity contribution in [1.29, 1.82) is 0 Å². The molecule has 2 aromatic rings. The number of nitrogens with zero attached hydrogens (tertiary/aromatic N) is 1. The molecule has 2 N–H and O–H groups in total. The zero-order valence-corrected chi connectivity index (χ0v) is 14.3. The van der Waals surface area contributed by atoms with Gasteiger partial charge in [0.25, 0.3) is 5.91 Å². The van der Waals surface area contributed by atoms with E-state index >= 15 is 0 Å². The zero-order chi connectivity index (χ0) is 15.7. The van der Waals surface area contributed by atoms with Gasteiger partial charge in [0.05, 0.1) is 5.69 Å². The third-order valence-corrected chi connectivity index (χ3v) is 4.17. The first kappa shape index (κ1) is 15.0. The highest BCUT2D eigenvalue weighted by Gasteiger charge is 2.31. The van der Waals surface area contributed by atoms with E-state index in [-0.39, 0.29) is 11.7 Å². The van der Waals surface area contributed by atoms with Gasteiger partial charge in [-0.3, -0.25) is 9.69 Å². The lowest BCUT2D eigenvalue weighted by atomic mass is 10.2. The largest absolute Gasteiger partial charge is 0.508 e. The second kappa shape index (κ2) is 6.05. The molecular formula is C16H11IN2O2S. The number of rotatable bonds is 2. The first-order chi connectivity index (χ1) is 10.5. The van der Waals surface area contributed by atoms with Crippen molar-refractivity contribution in [1.82, 2.24) is 5.32 Å². The highest BCUT2D eigenvalue weighted by atomic mass is 127. The van der Waals surface area contributed by atoms with Gasteiger partial charge in [0, 0.05) is 3.57 Å². The van der Waals surface area contributed by atoms with Crippen molar-refractivity contribution in [2.75, 3.05) is 4.90 Å². The minimum Gasteiger partial charge on any atom is -0.508 e. The molecule has 0 saturated carbocycles. The number of phenolic OH excluding ortho intramolecular Hbond substituents is 1. The lowest BCUT2D eigenvalue weighted by Gasteiger charge is -2.13. The maximum Gasteiger partial charge on any atom is 0.281 e. The molecule has 2 aromatic carbocycles. The van der Waals surface area contributed by atoms with E-state index in [2.05, 4.69) is 27.9 Å². The number of carbonyl (C=O) groups is 1. The average Bonchev–Trinajstić information content (AvgIpc) is 2.77. The third kappa shape index (κ3) is 2.97. The SMILES string of the molecule is O=C1/C(=C/c2ccc(O)cc2)NC(=S)N1c1ccc(I)cc1. The first-order valence-corrected chi connectivity index (χ1v) is 7.95. The number of thiocarbonyl (C=S) groups is 1. The molecule has 1 aliphatic heterocycles. The van der Waals surface area contributed by atoms with Crippen LogP contribution in [0.15, 0.2) is 54.2 Å². The van der Waals surface area contributed by atoms with Crippen LogP contribution in [0, 0.1) is 3.57 Å². The monoisotopic (exact) mass is 422 g/mol. The van der Waals surface area contributed by atoms with E-state index in [9.17, 15) is 9.90 Å². The van der Waals surface area contributed by atoms with Gasteiger partial charge in [0.1, 0.15) is 11.4 Å². The number of aromatic hydroxyl groups is 1. The average molecular weight is 422 g/mol.